The van der Waals surface area contributed by atoms with E-state index in [4.69, 9.17) is 11.6 Å². The van der Waals surface area contributed by atoms with Crippen LogP contribution in [-0.2, 0) is 14.8 Å². The fourth-order valence-electron chi connectivity index (χ4n) is 7.07. The van der Waals surface area contributed by atoms with Crippen molar-refractivity contribution >= 4 is 27.5 Å². The first-order chi connectivity index (χ1) is 17.3. The number of nitrogens with zero attached hydrogens (tertiary/aromatic N) is 3. The molecule has 3 heterocycles. The van der Waals surface area contributed by atoms with Crippen LogP contribution in [0.5, 0.6) is 0 Å². The molecule has 4 fully saturated rings. The number of likely N-dealkylation sites (tertiary alicyclic amines) is 2. The predicted octanol–water partition coefficient (Wildman–Crippen LogP) is 5.31. The van der Waals surface area contributed by atoms with Crippen LogP contribution in [0.15, 0.2) is 29.2 Å². The van der Waals surface area contributed by atoms with Gasteiger partial charge in [-0.25, -0.2) is 8.42 Å². The van der Waals surface area contributed by atoms with Gasteiger partial charge in [-0.3, -0.25) is 4.79 Å². The van der Waals surface area contributed by atoms with E-state index in [0.717, 1.165) is 64.5 Å². The molecule has 3 aliphatic heterocycles. The molecule has 6 nitrogen and oxygen atoms in total. The van der Waals surface area contributed by atoms with Crippen molar-refractivity contribution in [2.75, 3.05) is 26.2 Å². The molecular weight excluding hydrogens is 494 g/mol. The molecule has 3 saturated heterocycles. The number of piperidine rings is 3. The van der Waals surface area contributed by atoms with Crippen LogP contribution in [0, 0.1) is 5.41 Å². The maximum atomic E-state index is 13.9. The van der Waals surface area contributed by atoms with Crippen LogP contribution in [0.3, 0.4) is 0 Å². The average molecular weight is 536 g/mol. The Morgan fingerprint density at radius 1 is 0.944 bits per heavy atom. The second-order valence-corrected chi connectivity index (χ2v) is 13.8. The molecule has 5 rings (SSSR count). The summed E-state index contributed by atoms with van der Waals surface area (Å²) in [6, 6.07) is 7.04. The molecule has 1 aromatic carbocycles. The Balaban J connectivity index is 1.29. The fourth-order valence-corrected chi connectivity index (χ4v) is 9.23. The van der Waals surface area contributed by atoms with Gasteiger partial charge in [0.25, 0.3) is 0 Å². The molecule has 1 amide bonds. The lowest BCUT2D eigenvalue weighted by molar-refractivity contribution is -0.135. The molecule has 4 aliphatic rings. The lowest BCUT2D eigenvalue weighted by Crippen LogP contribution is -2.54. The standard InChI is InChI=1S/C28H42ClN3O3S/c1-2-23-7-6-8-26(32(23)36(34,35)25-11-9-22(29)10-12-25)28(15-16-28)21-27(33)31-19-13-24(14-20-31)30-17-4-3-5-18-30/h9-12,23-24,26H,2-8,13-21H2,1H3/t23-,26-/m1/s1. The molecule has 2 atom stereocenters. The Morgan fingerprint density at radius 2 is 1.61 bits per heavy atom. The number of amides is 1. The van der Waals surface area contributed by atoms with Crippen molar-refractivity contribution in [3.63, 3.8) is 0 Å². The molecule has 1 saturated carbocycles. The zero-order chi connectivity index (χ0) is 25.3. The molecule has 200 valence electrons. The topological polar surface area (TPSA) is 60.9 Å². The molecule has 0 aromatic heterocycles. The number of rotatable bonds is 7. The van der Waals surface area contributed by atoms with Gasteiger partial charge in [0.2, 0.25) is 15.9 Å². The third-order valence-electron chi connectivity index (χ3n) is 9.37. The third-order valence-corrected chi connectivity index (χ3v) is 11.6. The van der Waals surface area contributed by atoms with Gasteiger partial charge >= 0.3 is 0 Å². The zero-order valence-electron chi connectivity index (χ0n) is 21.7. The van der Waals surface area contributed by atoms with Gasteiger partial charge in [0.1, 0.15) is 0 Å². The first-order valence-corrected chi connectivity index (χ1v) is 16.0. The maximum absolute atomic E-state index is 13.9. The molecular formula is C28H42ClN3O3S. The Bertz CT molecular complexity index is 1010. The van der Waals surface area contributed by atoms with Crippen molar-refractivity contribution in [3.05, 3.63) is 29.3 Å². The van der Waals surface area contributed by atoms with Gasteiger partial charge < -0.3 is 9.80 Å². The molecule has 0 spiro atoms. The molecule has 1 aliphatic carbocycles. The SMILES string of the molecule is CC[C@@H]1CCC[C@H](C2(CC(=O)N3CCC(N4CCCCC4)CC3)CC2)N1S(=O)(=O)c1ccc(Cl)cc1. The Morgan fingerprint density at radius 3 is 2.22 bits per heavy atom. The van der Waals surface area contributed by atoms with Gasteiger partial charge in [-0.05, 0) is 101 Å². The zero-order valence-corrected chi connectivity index (χ0v) is 23.3. The van der Waals surface area contributed by atoms with E-state index in [1.807, 2.05) is 4.31 Å². The van der Waals surface area contributed by atoms with E-state index in [1.165, 1.54) is 32.4 Å². The Labute approximate surface area is 222 Å². The Hall–Kier alpha value is -1.15. The van der Waals surface area contributed by atoms with Gasteiger partial charge in [0, 0.05) is 42.7 Å². The van der Waals surface area contributed by atoms with Crippen molar-refractivity contribution in [2.45, 2.75) is 107 Å². The summed E-state index contributed by atoms with van der Waals surface area (Å²) in [5.41, 5.74) is -0.214. The van der Waals surface area contributed by atoms with Crippen molar-refractivity contribution in [1.29, 1.82) is 0 Å². The number of benzene rings is 1. The van der Waals surface area contributed by atoms with Gasteiger partial charge in [-0.15, -0.1) is 0 Å². The largest absolute Gasteiger partial charge is 0.343 e. The lowest BCUT2D eigenvalue weighted by Gasteiger charge is -2.45. The highest BCUT2D eigenvalue weighted by Crippen LogP contribution is 2.57. The van der Waals surface area contributed by atoms with E-state index >= 15 is 0 Å². The molecule has 0 N–H and O–H groups in total. The number of hydrogen-bond acceptors (Lipinski definition) is 4. The maximum Gasteiger partial charge on any atom is 0.243 e. The summed E-state index contributed by atoms with van der Waals surface area (Å²) in [5, 5.41) is 0.532. The molecule has 0 radical (unpaired) electrons. The van der Waals surface area contributed by atoms with E-state index in [1.54, 1.807) is 24.3 Å². The molecule has 0 bridgehead atoms. The summed E-state index contributed by atoms with van der Waals surface area (Å²) in [7, 11) is -3.67. The number of sulfonamides is 1. The quantitative estimate of drug-likeness (QED) is 0.475. The van der Waals surface area contributed by atoms with E-state index in [2.05, 4.69) is 16.7 Å². The predicted molar refractivity (Wildman–Crippen MR) is 144 cm³/mol. The van der Waals surface area contributed by atoms with E-state index in [0.29, 0.717) is 22.4 Å². The molecule has 36 heavy (non-hydrogen) atoms. The van der Waals surface area contributed by atoms with Crippen LogP contribution in [0.25, 0.3) is 0 Å². The summed E-state index contributed by atoms with van der Waals surface area (Å²) in [5.74, 6) is 0.229. The smallest absolute Gasteiger partial charge is 0.243 e. The van der Waals surface area contributed by atoms with Crippen LogP contribution >= 0.6 is 11.6 Å². The number of halogens is 1. The minimum Gasteiger partial charge on any atom is -0.343 e. The summed E-state index contributed by atoms with van der Waals surface area (Å²) < 4.78 is 29.6. The highest BCUT2D eigenvalue weighted by molar-refractivity contribution is 7.89. The first-order valence-electron chi connectivity index (χ1n) is 14.1. The lowest BCUT2D eigenvalue weighted by atomic mass is 9.83. The van der Waals surface area contributed by atoms with Gasteiger partial charge in [0.15, 0.2) is 0 Å². The van der Waals surface area contributed by atoms with Crippen LogP contribution in [-0.4, -0.2) is 72.7 Å². The third kappa shape index (κ3) is 5.36. The summed E-state index contributed by atoms with van der Waals surface area (Å²) in [6.45, 7) is 6.17. The molecule has 8 heteroatoms. The average Bonchev–Trinajstić information content (AvgIpc) is 3.69. The van der Waals surface area contributed by atoms with Crippen LogP contribution in [0.1, 0.15) is 84.0 Å². The Kier molecular flexibility index (Phi) is 8.02. The number of hydrogen-bond donors (Lipinski definition) is 0. The summed E-state index contributed by atoms with van der Waals surface area (Å²) >= 11 is 6.05. The van der Waals surface area contributed by atoms with E-state index in [9.17, 15) is 13.2 Å². The summed E-state index contributed by atoms with van der Waals surface area (Å²) in [6.07, 6.45) is 12.0. The fraction of sp³-hybridized carbons (Fsp3) is 0.750. The molecule has 1 aromatic rings. The first kappa shape index (κ1) is 26.5. The number of carbonyl (C=O) groups is 1. The van der Waals surface area contributed by atoms with Gasteiger partial charge in [0.05, 0.1) is 4.90 Å². The second-order valence-electron chi connectivity index (χ2n) is 11.5. The van der Waals surface area contributed by atoms with Gasteiger partial charge in [-0.1, -0.05) is 31.4 Å². The van der Waals surface area contributed by atoms with Crippen LogP contribution < -0.4 is 0 Å². The second kappa shape index (κ2) is 10.9. The minimum atomic E-state index is -3.67. The van der Waals surface area contributed by atoms with E-state index < -0.39 is 10.0 Å². The van der Waals surface area contributed by atoms with Crippen molar-refractivity contribution < 1.29 is 13.2 Å². The van der Waals surface area contributed by atoms with Crippen LogP contribution in [0.4, 0.5) is 0 Å². The normalized spacial score (nSPS) is 28.2. The number of carbonyl (C=O) groups excluding carboxylic acids is 1. The molecule has 0 unspecified atom stereocenters. The van der Waals surface area contributed by atoms with E-state index in [-0.39, 0.29) is 23.4 Å². The monoisotopic (exact) mass is 535 g/mol. The van der Waals surface area contributed by atoms with Crippen molar-refractivity contribution in [2.24, 2.45) is 5.41 Å². The van der Waals surface area contributed by atoms with Crippen molar-refractivity contribution in [3.8, 4) is 0 Å². The highest BCUT2D eigenvalue weighted by atomic mass is 35.5. The van der Waals surface area contributed by atoms with Crippen LogP contribution in [0.2, 0.25) is 5.02 Å². The van der Waals surface area contributed by atoms with Gasteiger partial charge in [-0.2, -0.15) is 4.31 Å². The summed E-state index contributed by atoms with van der Waals surface area (Å²) in [4.78, 5) is 18.5. The highest BCUT2D eigenvalue weighted by Gasteiger charge is 2.57. The van der Waals surface area contributed by atoms with Crippen molar-refractivity contribution in [1.82, 2.24) is 14.1 Å². The minimum absolute atomic E-state index is 0.0164.